The van der Waals surface area contributed by atoms with Crippen molar-refractivity contribution in [1.82, 2.24) is 9.78 Å². The summed E-state index contributed by atoms with van der Waals surface area (Å²) in [5, 5.41) is 3.62. The first-order valence-electron chi connectivity index (χ1n) is 8.19. The first kappa shape index (κ1) is 21.6. The summed E-state index contributed by atoms with van der Waals surface area (Å²) in [4.78, 5) is -0.342. The van der Waals surface area contributed by atoms with Crippen molar-refractivity contribution < 1.29 is 30.0 Å². The van der Waals surface area contributed by atoms with Crippen molar-refractivity contribution in [1.29, 1.82) is 0 Å². The van der Waals surface area contributed by atoms with Crippen LogP contribution in [0, 0.1) is 0 Å². The van der Waals surface area contributed by atoms with Gasteiger partial charge in [0.1, 0.15) is 0 Å². The Labute approximate surface area is 170 Å². The molecule has 0 amide bonds. The summed E-state index contributed by atoms with van der Waals surface area (Å²) >= 11 is 0. The normalized spacial score (nSPS) is 12.5. The highest BCUT2D eigenvalue weighted by Crippen LogP contribution is 2.31. The topological polar surface area (TPSA) is 110 Å². The van der Waals surface area contributed by atoms with Crippen LogP contribution in [0.1, 0.15) is 5.56 Å². The van der Waals surface area contributed by atoms with E-state index in [1.54, 1.807) is 0 Å². The summed E-state index contributed by atoms with van der Waals surface area (Å²) in [6, 6.07) is 9.82. The van der Waals surface area contributed by atoms with E-state index in [2.05, 4.69) is 14.5 Å². The molecule has 2 aromatic carbocycles. The van der Waals surface area contributed by atoms with Gasteiger partial charge >= 0.3 is 6.18 Å². The molecular weight excluding hydrogens is 445 g/mol. The van der Waals surface area contributed by atoms with Crippen molar-refractivity contribution in [3.63, 3.8) is 0 Å². The molecule has 0 aliphatic heterocycles. The fraction of sp³-hybridized carbons (Fsp3) is 0.118. The molecule has 0 aliphatic carbocycles. The number of nitrogens with zero attached hydrogens (tertiary/aromatic N) is 2. The third kappa shape index (κ3) is 4.74. The molecule has 30 heavy (non-hydrogen) atoms. The van der Waals surface area contributed by atoms with Crippen molar-refractivity contribution in [2.45, 2.75) is 16.1 Å². The average molecular weight is 460 g/mol. The van der Waals surface area contributed by atoms with E-state index in [9.17, 15) is 30.0 Å². The van der Waals surface area contributed by atoms with Crippen molar-refractivity contribution in [2.24, 2.45) is 7.05 Å². The summed E-state index contributed by atoms with van der Waals surface area (Å²) in [6.45, 7) is 0. The molecule has 1 aromatic heterocycles. The van der Waals surface area contributed by atoms with Gasteiger partial charge in [-0.25, -0.2) is 8.42 Å². The van der Waals surface area contributed by atoms with E-state index in [-0.39, 0.29) is 21.3 Å². The average Bonchev–Trinajstić information content (AvgIpc) is 3.08. The van der Waals surface area contributed by atoms with Gasteiger partial charge in [-0.1, -0.05) is 12.1 Å². The number of hydrogen-bond acceptors (Lipinski definition) is 5. The SMILES string of the molecule is Cn1nccc1S(=O)(=O)Nc1cccc(S(=O)(=O)Nc2cccc(C(F)(F)F)c2)c1. The monoisotopic (exact) mass is 460 g/mol. The van der Waals surface area contributed by atoms with Gasteiger partial charge in [-0.3, -0.25) is 14.1 Å². The van der Waals surface area contributed by atoms with E-state index in [0.717, 1.165) is 22.9 Å². The number of nitrogens with one attached hydrogen (secondary N) is 2. The minimum atomic E-state index is -4.63. The lowest BCUT2D eigenvalue weighted by Crippen LogP contribution is -2.18. The maximum Gasteiger partial charge on any atom is 0.416 e. The Morgan fingerprint density at radius 3 is 2.07 bits per heavy atom. The maximum atomic E-state index is 12.8. The van der Waals surface area contributed by atoms with Gasteiger partial charge in [-0.15, -0.1) is 0 Å². The predicted molar refractivity (Wildman–Crippen MR) is 103 cm³/mol. The molecule has 0 unspecified atom stereocenters. The van der Waals surface area contributed by atoms with Gasteiger partial charge in [-0.05, 0) is 42.5 Å². The van der Waals surface area contributed by atoms with Crippen LogP contribution in [-0.4, -0.2) is 26.6 Å². The number of aryl methyl sites for hydroxylation is 1. The molecule has 0 saturated heterocycles. The summed E-state index contributed by atoms with van der Waals surface area (Å²) in [6.07, 6.45) is -3.35. The van der Waals surface area contributed by atoms with Crippen LogP contribution in [-0.2, 0) is 33.3 Å². The van der Waals surface area contributed by atoms with E-state index >= 15 is 0 Å². The number of rotatable bonds is 6. The lowest BCUT2D eigenvalue weighted by molar-refractivity contribution is -0.137. The molecule has 8 nitrogen and oxygen atoms in total. The van der Waals surface area contributed by atoms with Gasteiger partial charge in [0, 0.05) is 12.7 Å². The summed E-state index contributed by atoms with van der Waals surface area (Å²) in [5.41, 5.74) is -1.35. The van der Waals surface area contributed by atoms with E-state index in [1.807, 2.05) is 0 Å². The largest absolute Gasteiger partial charge is 0.416 e. The Balaban J connectivity index is 1.87. The molecule has 0 fully saturated rings. The molecule has 0 spiro atoms. The van der Waals surface area contributed by atoms with Crippen LogP contribution in [0.3, 0.4) is 0 Å². The Morgan fingerprint density at radius 1 is 0.867 bits per heavy atom. The Kier molecular flexibility index (Phi) is 5.52. The fourth-order valence-corrected chi connectivity index (χ4v) is 4.80. The number of hydrogen-bond donors (Lipinski definition) is 2. The molecule has 1 heterocycles. The molecule has 0 saturated carbocycles. The van der Waals surface area contributed by atoms with Crippen LogP contribution in [0.25, 0.3) is 0 Å². The zero-order chi connectivity index (χ0) is 22.2. The van der Waals surface area contributed by atoms with Crippen LogP contribution in [0.5, 0.6) is 0 Å². The third-order valence-corrected chi connectivity index (χ3v) is 6.72. The first-order chi connectivity index (χ1) is 13.9. The van der Waals surface area contributed by atoms with Crippen molar-refractivity contribution in [3.8, 4) is 0 Å². The van der Waals surface area contributed by atoms with Gasteiger partial charge in [0.05, 0.1) is 22.3 Å². The van der Waals surface area contributed by atoms with Crippen LogP contribution < -0.4 is 9.44 Å². The summed E-state index contributed by atoms with van der Waals surface area (Å²) < 4.78 is 93.9. The molecule has 13 heteroatoms. The highest BCUT2D eigenvalue weighted by atomic mass is 32.2. The van der Waals surface area contributed by atoms with Gasteiger partial charge in [0.15, 0.2) is 5.03 Å². The lowest BCUT2D eigenvalue weighted by atomic mass is 10.2. The van der Waals surface area contributed by atoms with Crippen LogP contribution in [0.15, 0.2) is 70.7 Å². The Morgan fingerprint density at radius 2 is 1.47 bits per heavy atom. The molecule has 3 aromatic rings. The van der Waals surface area contributed by atoms with E-state index in [1.165, 1.54) is 43.6 Å². The Bertz CT molecular complexity index is 1290. The number of alkyl halides is 3. The van der Waals surface area contributed by atoms with Crippen molar-refractivity contribution in [3.05, 3.63) is 66.4 Å². The van der Waals surface area contributed by atoms with E-state index < -0.39 is 31.8 Å². The number of aromatic nitrogens is 2. The second-order valence-corrected chi connectivity index (χ2v) is 9.42. The van der Waals surface area contributed by atoms with E-state index in [0.29, 0.717) is 6.07 Å². The second kappa shape index (κ2) is 7.65. The van der Waals surface area contributed by atoms with Crippen LogP contribution >= 0.6 is 0 Å². The molecular formula is C17H15F3N4O4S2. The first-order valence-corrected chi connectivity index (χ1v) is 11.2. The standard InChI is InChI=1S/C17H15F3N4O4S2/c1-24-16(8-9-21-24)30(27,28)23-14-6-3-7-15(11-14)29(25,26)22-13-5-2-4-12(10-13)17(18,19)20/h2-11,22-23H,1H3. The smallest absolute Gasteiger partial charge is 0.280 e. The predicted octanol–water partition coefficient (Wildman–Crippen LogP) is 3.04. The maximum absolute atomic E-state index is 12.8. The molecule has 0 aliphatic rings. The number of sulfonamides is 2. The number of anilines is 2. The molecule has 0 bridgehead atoms. The van der Waals surface area contributed by atoms with Crippen LogP contribution in [0.2, 0.25) is 0 Å². The Hall–Kier alpha value is -3.06. The lowest BCUT2D eigenvalue weighted by Gasteiger charge is -2.13. The molecule has 0 radical (unpaired) electrons. The van der Waals surface area contributed by atoms with Gasteiger partial charge in [0.2, 0.25) is 0 Å². The highest BCUT2D eigenvalue weighted by molar-refractivity contribution is 7.93. The summed E-state index contributed by atoms with van der Waals surface area (Å²) in [7, 11) is -6.89. The third-order valence-electron chi connectivity index (χ3n) is 3.89. The zero-order valence-corrected chi connectivity index (χ0v) is 16.9. The molecule has 160 valence electrons. The summed E-state index contributed by atoms with van der Waals surface area (Å²) in [5.74, 6) is 0. The van der Waals surface area contributed by atoms with Crippen LogP contribution in [0.4, 0.5) is 24.5 Å². The number of benzene rings is 2. The molecule has 0 atom stereocenters. The quantitative estimate of drug-likeness (QED) is 0.588. The second-order valence-electron chi connectivity index (χ2n) is 6.11. The molecule has 2 N–H and O–H groups in total. The van der Waals surface area contributed by atoms with Gasteiger partial charge in [0.25, 0.3) is 20.0 Å². The fourth-order valence-electron chi connectivity index (χ4n) is 2.53. The minimum Gasteiger partial charge on any atom is -0.280 e. The zero-order valence-electron chi connectivity index (χ0n) is 15.3. The van der Waals surface area contributed by atoms with Crippen molar-refractivity contribution in [2.75, 3.05) is 9.44 Å². The highest BCUT2D eigenvalue weighted by Gasteiger charge is 2.30. The molecule has 3 rings (SSSR count). The number of halogens is 3. The van der Waals surface area contributed by atoms with Gasteiger partial charge in [-0.2, -0.15) is 26.7 Å². The van der Waals surface area contributed by atoms with Crippen molar-refractivity contribution >= 4 is 31.4 Å². The minimum absolute atomic E-state index is 0.0527. The van der Waals surface area contributed by atoms with Gasteiger partial charge < -0.3 is 0 Å². The van der Waals surface area contributed by atoms with E-state index in [4.69, 9.17) is 0 Å².